The van der Waals surface area contributed by atoms with Crippen molar-refractivity contribution in [3.63, 3.8) is 0 Å². The monoisotopic (exact) mass is 196 g/mol. The van der Waals surface area contributed by atoms with Crippen molar-refractivity contribution in [1.29, 1.82) is 0 Å². The Morgan fingerprint density at radius 3 is 2.57 bits per heavy atom. The zero-order chi connectivity index (χ0) is 10.3. The van der Waals surface area contributed by atoms with Crippen LogP contribution in [0.2, 0.25) is 0 Å². The third-order valence-corrected chi connectivity index (χ3v) is 3.32. The summed E-state index contributed by atoms with van der Waals surface area (Å²) in [6.45, 7) is 0. The molecule has 76 valence electrons. The Morgan fingerprint density at radius 2 is 2.21 bits per heavy atom. The molecule has 0 aromatic carbocycles. The summed E-state index contributed by atoms with van der Waals surface area (Å²) in [6, 6.07) is 0. The second-order valence-electron chi connectivity index (χ2n) is 3.96. The minimum atomic E-state index is -1.31. The lowest BCUT2D eigenvalue weighted by molar-refractivity contribution is -0.169. The number of carbonyl (C=O) groups excluding carboxylic acids is 1. The lowest BCUT2D eigenvalue weighted by atomic mass is 9.76. The molecule has 0 aromatic rings. The molecular weight excluding hydrogens is 184 g/mol. The molecule has 2 rings (SSSR count). The third-order valence-electron chi connectivity index (χ3n) is 3.32. The zero-order valence-electron chi connectivity index (χ0n) is 7.90. The van der Waals surface area contributed by atoms with Crippen molar-refractivity contribution in [2.45, 2.75) is 12.8 Å². The van der Waals surface area contributed by atoms with Crippen LogP contribution < -0.4 is 0 Å². The Labute approximate surface area is 81.6 Å². The van der Waals surface area contributed by atoms with Crippen LogP contribution in [0.15, 0.2) is 12.2 Å². The second-order valence-corrected chi connectivity index (χ2v) is 3.96. The summed E-state index contributed by atoms with van der Waals surface area (Å²) in [5, 5.41) is 9.15. The Bertz CT molecular complexity index is 320. The van der Waals surface area contributed by atoms with Gasteiger partial charge in [0.05, 0.1) is 7.11 Å². The molecule has 0 radical (unpaired) electrons. The smallest absolute Gasteiger partial charge is 0.323 e. The van der Waals surface area contributed by atoms with E-state index in [9.17, 15) is 9.59 Å². The molecule has 0 amide bonds. The van der Waals surface area contributed by atoms with Crippen molar-refractivity contribution < 1.29 is 19.4 Å². The van der Waals surface area contributed by atoms with Crippen LogP contribution in [0.4, 0.5) is 0 Å². The van der Waals surface area contributed by atoms with Gasteiger partial charge in [0.2, 0.25) is 0 Å². The summed E-state index contributed by atoms with van der Waals surface area (Å²) in [5.41, 5.74) is -1.31. The molecule has 0 aliphatic heterocycles. The number of carboxylic acids is 1. The van der Waals surface area contributed by atoms with E-state index < -0.39 is 17.4 Å². The number of rotatable bonds is 2. The van der Waals surface area contributed by atoms with Gasteiger partial charge in [-0.1, -0.05) is 12.2 Å². The molecular formula is C10H12O4. The molecule has 1 N–H and O–H groups in total. The average molecular weight is 196 g/mol. The van der Waals surface area contributed by atoms with Crippen LogP contribution in [0.25, 0.3) is 0 Å². The molecule has 0 saturated heterocycles. The quantitative estimate of drug-likeness (QED) is 0.403. The van der Waals surface area contributed by atoms with Crippen LogP contribution in [0.1, 0.15) is 12.8 Å². The van der Waals surface area contributed by atoms with Gasteiger partial charge in [-0.2, -0.15) is 0 Å². The van der Waals surface area contributed by atoms with Gasteiger partial charge in [0.25, 0.3) is 0 Å². The highest BCUT2D eigenvalue weighted by Crippen LogP contribution is 2.52. The van der Waals surface area contributed by atoms with Crippen LogP contribution >= 0.6 is 0 Å². The highest BCUT2D eigenvalue weighted by Gasteiger charge is 2.59. The fourth-order valence-corrected chi connectivity index (χ4v) is 2.61. The number of methoxy groups -OCH3 is 1. The van der Waals surface area contributed by atoms with Crippen LogP contribution in [-0.2, 0) is 14.3 Å². The van der Waals surface area contributed by atoms with Gasteiger partial charge < -0.3 is 9.84 Å². The number of fused-ring (bicyclic) bond motifs is 2. The largest absolute Gasteiger partial charge is 0.480 e. The number of carbonyl (C=O) groups is 2. The van der Waals surface area contributed by atoms with Gasteiger partial charge in [-0.3, -0.25) is 9.59 Å². The van der Waals surface area contributed by atoms with Crippen LogP contribution in [-0.4, -0.2) is 24.2 Å². The predicted octanol–water partition coefficient (Wildman–Crippen LogP) is 0.826. The van der Waals surface area contributed by atoms with E-state index in [2.05, 4.69) is 4.74 Å². The topological polar surface area (TPSA) is 63.6 Å². The molecule has 2 aliphatic carbocycles. The van der Waals surface area contributed by atoms with Gasteiger partial charge >= 0.3 is 11.9 Å². The first-order chi connectivity index (χ1) is 6.61. The Morgan fingerprint density at radius 1 is 1.50 bits per heavy atom. The predicted molar refractivity (Wildman–Crippen MR) is 47.4 cm³/mol. The molecule has 1 fully saturated rings. The van der Waals surface area contributed by atoms with Crippen molar-refractivity contribution in [1.82, 2.24) is 0 Å². The first-order valence-electron chi connectivity index (χ1n) is 4.61. The van der Waals surface area contributed by atoms with E-state index in [4.69, 9.17) is 5.11 Å². The van der Waals surface area contributed by atoms with Crippen molar-refractivity contribution in [2.75, 3.05) is 7.11 Å². The van der Waals surface area contributed by atoms with Crippen LogP contribution in [0.3, 0.4) is 0 Å². The summed E-state index contributed by atoms with van der Waals surface area (Å²) >= 11 is 0. The number of carboxylic acid groups (broad SMARTS) is 1. The highest BCUT2D eigenvalue weighted by molar-refractivity contribution is 6.00. The summed E-state index contributed by atoms with van der Waals surface area (Å²) in [7, 11) is 1.24. The van der Waals surface area contributed by atoms with Crippen molar-refractivity contribution >= 4 is 11.9 Å². The summed E-state index contributed by atoms with van der Waals surface area (Å²) in [5.74, 6) is -1.62. The van der Waals surface area contributed by atoms with E-state index in [0.717, 1.165) is 6.42 Å². The van der Waals surface area contributed by atoms with E-state index in [1.807, 2.05) is 12.2 Å². The lowest BCUT2D eigenvalue weighted by Crippen LogP contribution is -2.43. The molecule has 1 saturated carbocycles. The molecule has 2 aliphatic rings. The molecule has 4 heteroatoms. The zero-order valence-corrected chi connectivity index (χ0v) is 7.90. The Kier molecular flexibility index (Phi) is 1.87. The lowest BCUT2D eigenvalue weighted by Gasteiger charge is -2.27. The minimum Gasteiger partial charge on any atom is -0.480 e. The average Bonchev–Trinajstić information content (AvgIpc) is 2.75. The number of esters is 1. The number of hydrogen-bond donors (Lipinski definition) is 1. The molecule has 0 heterocycles. The first-order valence-corrected chi connectivity index (χ1v) is 4.61. The normalized spacial score (nSPS) is 38.6. The van der Waals surface area contributed by atoms with E-state index in [-0.39, 0.29) is 11.8 Å². The maximum Gasteiger partial charge on any atom is 0.323 e. The van der Waals surface area contributed by atoms with Crippen LogP contribution in [0.5, 0.6) is 0 Å². The number of hydrogen-bond acceptors (Lipinski definition) is 3. The Balaban J connectivity index is 2.38. The number of ether oxygens (including phenoxy) is 1. The summed E-state index contributed by atoms with van der Waals surface area (Å²) in [4.78, 5) is 22.7. The van der Waals surface area contributed by atoms with Gasteiger partial charge in [0.15, 0.2) is 5.41 Å². The van der Waals surface area contributed by atoms with Gasteiger partial charge in [-0.25, -0.2) is 0 Å². The molecule has 14 heavy (non-hydrogen) atoms. The van der Waals surface area contributed by atoms with Gasteiger partial charge in [-0.05, 0) is 18.8 Å². The molecule has 2 bridgehead atoms. The molecule has 3 atom stereocenters. The number of aliphatic carboxylic acids is 1. The van der Waals surface area contributed by atoms with Crippen molar-refractivity contribution in [2.24, 2.45) is 17.3 Å². The molecule has 3 unspecified atom stereocenters. The fraction of sp³-hybridized carbons (Fsp3) is 0.600. The SMILES string of the molecule is COC(=O)C1(C(=O)O)CC2C=CC1C2. The summed E-state index contributed by atoms with van der Waals surface area (Å²) < 4.78 is 4.60. The standard InChI is InChI=1S/C10H12O4/c1-14-9(13)10(8(11)12)5-6-2-3-7(10)4-6/h2-3,6-7H,4-5H2,1H3,(H,11,12). The second kappa shape index (κ2) is 2.83. The highest BCUT2D eigenvalue weighted by atomic mass is 16.5. The van der Waals surface area contributed by atoms with E-state index in [1.165, 1.54) is 7.11 Å². The summed E-state index contributed by atoms with van der Waals surface area (Å²) in [6.07, 6.45) is 4.98. The molecule has 0 spiro atoms. The van der Waals surface area contributed by atoms with Crippen molar-refractivity contribution in [3.8, 4) is 0 Å². The number of allylic oxidation sites excluding steroid dienone is 2. The maximum atomic E-state index is 11.5. The van der Waals surface area contributed by atoms with E-state index in [0.29, 0.717) is 6.42 Å². The minimum absolute atomic E-state index is 0.183. The molecule has 4 nitrogen and oxygen atoms in total. The van der Waals surface area contributed by atoms with Crippen LogP contribution in [0, 0.1) is 17.3 Å². The molecule has 0 aromatic heterocycles. The third kappa shape index (κ3) is 0.937. The maximum absolute atomic E-state index is 11.5. The van der Waals surface area contributed by atoms with E-state index in [1.54, 1.807) is 0 Å². The first kappa shape index (κ1) is 9.24. The van der Waals surface area contributed by atoms with Crippen molar-refractivity contribution in [3.05, 3.63) is 12.2 Å². The Hall–Kier alpha value is -1.32. The van der Waals surface area contributed by atoms with Gasteiger partial charge in [-0.15, -0.1) is 0 Å². The van der Waals surface area contributed by atoms with E-state index >= 15 is 0 Å². The van der Waals surface area contributed by atoms with Gasteiger partial charge in [0, 0.05) is 5.92 Å². The van der Waals surface area contributed by atoms with Gasteiger partial charge in [0.1, 0.15) is 0 Å². The fourth-order valence-electron chi connectivity index (χ4n) is 2.61.